The van der Waals surface area contributed by atoms with E-state index in [1.165, 1.54) is 11.1 Å². The fraction of sp³-hybridized carbons (Fsp3) is 0.200. The number of methoxy groups -OCH3 is 1. The first-order chi connectivity index (χ1) is 5.74. The van der Waals surface area contributed by atoms with Crippen molar-refractivity contribution in [2.45, 2.75) is 6.92 Å². The first kappa shape index (κ1) is 9.33. The number of hydrogen-bond acceptors (Lipinski definition) is 1. The molecule has 0 fully saturated rings. The molecule has 0 unspecified atom stereocenters. The van der Waals surface area contributed by atoms with Crippen molar-refractivity contribution in [3.05, 3.63) is 40.1 Å². The van der Waals surface area contributed by atoms with Crippen LogP contribution in [-0.2, 0) is 4.74 Å². The highest BCUT2D eigenvalue weighted by Gasteiger charge is 1.93. The third-order valence-corrected chi connectivity index (χ3v) is 2.11. The molecule has 0 saturated carbocycles. The molecule has 1 nitrogen and oxygen atoms in total. The predicted molar refractivity (Wildman–Crippen MR) is 54.9 cm³/mol. The summed E-state index contributed by atoms with van der Waals surface area (Å²) in [6, 6.07) is 6.15. The zero-order valence-electron chi connectivity index (χ0n) is 7.17. The Morgan fingerprint density at radius 3 is 2.75 bits per heavy atom. The van der Waals surface area contributed by atoms with Gasteiger partial charge in [-0.05, 0) is 36.3 Å². The highest BCUT2D eigenvalue weighted by molar-refractivity contribution is 9.10. The maximum absolute atomic E-state index is 4.84. The summed E-state index contributed by atoms with van der Waals surface area (Å²) in [5, 5.41) is 0. The van der Waals surface area contributed by atoms with E-state index in [2.05, 4.69) is 35.0 Å². The number of benzene rings is 1. The lowest BCUT2D eigenvalue weighted by Gasteiger charge is -1.99. The van der Waals surface area contributed by atoms with Crippen molar-refractivity contribution in [2.75, 3.05) is 7.11 Å². The minimum atomic E-state index is 1.11. The molecule has 0 aliphatic rings. The number of aryl methyl sites for hydroxylation is 1. The van der Waals surface area contributed by atoms with Gasteiger partial charge >= 0.3 is 0 Å². The largest absolute Gasteiger partial charge is 0.504 e. The molecule has 1 aromatic rings. The van der Waals surface area contributed by atoms with E-state index < -0.39 is 0 Å². The van der Waals surface area contributed by atoms with Crippen molar-refractivity contribution in [2.24, 2.45) is 0 Å². The Morgan fingerprint density at radius 2 is 2.17 bits per heavy atom. The van der Waals surface area contributed by atoms with Gasteiger partial charge in [0.2, 0.25) is 0 Å². The summed E-state index contributed by atoms with van der Waals surface area (Å²) in [5.41, 5.74) is 2.41. The third-order valence-electron chi connectivity index (χ3n) is 1.62. The van der Waals surface area contributed by atoms with Crippen LogP contribution in [0.25, 0.3) is 6.08 Å². The van der Waals surface area contributed by atoms with E-state index in [1.54, 1.807) is 13.4 Å². The van der Waals surface area contributed by atoms with Gasteiger partial charge in [-0.2, -0.15) is 0 Å². The normalized spacial score (nSPS) is 10.6. The lowest BCUT2D eigenvalue weighted by molar-refractivity contribution is 0.341. The van der Waals surface area contributed by atoms with Crippen LogP contribution in [0.3, 0.4) is 0 Å². The van der Waals surface area contributed by atoms with Gasteiger partial charge < -0.3 is 4.74 Å². The molecule has 0 bridgehead atoms. The highest BCUT2D eigenvalue weighted by atomic mass is 79.9. The average Bonchev–Trinajstić information content (AvgIpc) is 2.03. The fourth-order valence-electron chi connectivity index (χ4n) is 0.967. The number of halogens is 1. The van der Waals surface area contributed by atoms with Crippen molar-refractivity contribution in [1.29, 1.82) is 0 Å². The lowest BCUT2D eigenvalue weighted by atomic mass is 10.1. The maximum Gasteiger partial charge on any atom is 0.0830 e. The molecule has 64 valence electrons. The molecule has 0 aliphatic heterocycles. The predicted octanol–water partition coefficient (Wildman–Crippen LogP) is 3.37. The summed E-state index contributed by atoms with van der Waals surface area (Å²) in [5.74, 6) is 0. The minimum Gasteiger partial charge on any atom is -0.504 e. The second kappa shape index (κ2) is 4.31. The average molecular weight is 227 g/mol. The van der Waals surface area contributed by atoms with Crippen LogP contribution >= 0.6 is 15.9 Å². The van der Waals surface area contributed by atoms with Gasteiger partial charge in [0.05, 0.1) is 13.4 Å². The van der Waals surface area contributed by atoms with Crippen LogP contribution in [-0.4, -0.2) is 7.11 Å². The molecule has 0 radical (unpaired) electrons. The van der Waals surface area contributed by atoms with Crippen molar-refractivity contribution in [3.63, 3.8) is 0 Å². The van der Waals surface area contributed by atoms with Crippen molar-refractivity contribution >= 4 is 22.0 Å². The van der Waals surface area contributed by atoms with E-state index in [1.807, 2.05) is 12.1 Å². The molecule has 2 heteroatoms. The second-order valence-electron chi connectivity index (χ2n) is 2.54. The van der Waals surface area contributed by atoms with Crippen LogP contribution in [0.4, 0.5) is 0 Å². The van der Waals surface area contributed by atoms with E-state index in [-0.39, 0.29) is 0 Å². The zero-order chi connectivity index (χ0) is 8.97. The summed E-state index contributed by atoms with van der Waals surface area (Å²) in [6.07, 6.45) is 3.62. The second-order valence-corrected chi connectivity index (χ2v) is 3.46. The van der Waals surface area contributed by atoms with Crippen molar-refractivity contribution in [3.8, 4) is 0 Å². The van der Waals surface area contributed by atoms with Crippen LogP contribution in [0.15, 0.2) is 28.9 Å². The van der Waals surface area contributed by atoms with Gasteiger partial charge in [-0.1, -0.05) is 22.0 Å². The Hall–Kier alpha value is -0.760. The van der Waals surface area contributed by atoms with Crippen LogP contribution in [0.1, 0.15) is 11.1 Å². The SMILES string of the molecule is CO/C=C/c1ccc(Br)cc1C. The molecule has 1 rings (SSSR count). The summed E-state index contributed by atoms with van der Waals surface area (Å²) in [6.45, 7) is 2.07. The molecule has 0 spiro atoms. The number of hydrogen-bond donors (Lipinski definition) is 0. The molecule has 0 atom stereocenters. The topological polar surface area (TPSA) is 9.23 Å². The summed E-state index contributed by atoms with van der Waals surface area (Å²) in [4.78, 5) is 0. The first-order valence-electron chi connectivity index (χ1n) is 3.69. The van der Waals surface area contributed by atoms with E-state index in [0.29, 0.717) is 0 Å². The first-order valence-corrected chi connectivity index (χ1v) is 4.49. The van der Waals surface area contributed by atoms with Crippen molar-refractivity contribution < 1.29 is 4.74 Å². The summed E-state index contributed by atoms with van der Waals surface area (Å²) >= 11 is 3.41. The van der Waals surface area contributed by atoms with Crippen LogP contribution in [0.2, 0.25) is 0 Å². The fourth-order valence-corrected chi connectivity index (χ4v) is 1.44. The van der Waals surface area contributed by atoms with Crippen LogP contribution < -0.4 is 0 Å². The maximum atomic E-state index is 4.84. The number of rotatable bonds is 2. The van der Waals surface area contributed by atoms with Gasteiger partial charge in [-0.3, -0.25) is 0 Å². The monoisotopic (exact) mass is 226 g/mol. The van der Waals surface area contributed by atoms with Gasteiger partial charge in [-0.15, -0.1) is 0 Å². The van der Waals surface area contributed by atoms with E-state index in [9.17, 15) is 0 Å². The van der Waals surface area contributed by atoms with Crippen molar-refractivity contribution in [1.82, 2.24) is 0 Å². The molecular formula is C10H11BrO. The van der Waals surface area contributed by atoms with E-state index in [4.69, 9.17) is 4.74 Å². The molecular weight excluding hydrogens is 216 g/mol. The Balaban J connectivity index is 2.94. The minimum absolute atomic E-state index is 1.11. The molecule has 12 heavy (non-hydrogen) atoms. The molecule has 0 amide bonds. The van der Waals surface area contributed by atoms with E-state index >= 15 is 0 Å². The molecule has 0 saturated heterocycles. The van der Waals surface area contributed by atoms with E-state index in [0.717, 1.165) is 4.47 Å². The highest BCUT2D eigenvalue weighted by Crippen LogP contribution is 2.16. The van der Waals surface area contributed by atoms with Crippen LogP contribution in [0, 0.1) is 6.92 Å². The molecule has 0 aromatic heterocycles. The smallest absolute Gasteiger partial charge is 0.0830 e. The Morgan fingerprint density at radius 1 is 1.42 bits per heavy atom. The van der Waals surface area contributed by atoms with Gasteiger partial charge in [0.25, 0.3) is 0 Å². The Bertz CT molecular complexity index is 292. The Kier molecular flexibility index (Phi) is 3.35. The van der Waals surface area contributed by atoms with Gasteiger partial charge in [0.1, 0.15) is 0 Å². The number of ether oxygens (including phenoxy) is 1. The molecule has 0 aliphatic carbocycles. The third kappa shape index (κ3) is 2.38. The van der Waals surface area contributed by atoms with Gasteiger partial charge in [0.15, 0.2) is 0 Å². The van der Waals surface area contributed by atoms with Gasteiger partial charge in [-0.25, -0.2) is 0 Å². The van der Waals surface area contributed by atoms with Crippen LogP contribution in [0.5, 0.6) is 0 Å². The Labute approximate surface area is 81.2 Å². The summed E-state index contributed by atoms with van der Waals surface area (Å²) in [7, 11) is 1.64. The zero-order valence-corrected chi connectivity index (χ0v) is 8.76. The lowest BCUT2D eigenvalue weighted by Crippen LogP contribution is -1.79. The standard InChI is InChI=1S/C10H11BrO/c1-8-7-10(11)4-3-9(8)5-6-12-2/h3-7H,1-2H3/b6-5+. The quantitative estimate of drug-likeness (QED) is 0.703. The van der Waals surface area contributed by atoms with Gasteiger partial charge in [0, 0.05) is 4.47 Å². The molecule has 1 aromatic carbocycles. The summed E-state index contributed by atoms with van der Waals surface area (Å²) < 4.78 is 5.94. The molecule has 0 heterocycles. The molecule has 0 N–H and O–H groups in total.